The molecule has 0 aromatic heterocycles. The fraction of sp³-hybridized carbons (Fsp3) is 0.417. The van der Waals surface area contributed by atoms with Gasteiger partial charge in [-0.3, -0.25) is 4.79 Å². The van der Waals surface area contributed by atoms with Crippen molar-refractivity contribution in [2.24, 2.45) is 5.41 Å². The summed E-state index contributed by atoms with van der Waals surface area (Å²) in [7, 11) is 0. The standard InChI is InChI=1S/C12H13ClFNO2/c13-9-1-2-10(14)8(5-9)6-12(11(16)17)3-4-15-7-12/h1-2,5,15H,3-4,6-7H2,(H,16,17). The van der Waals surface area contributed by atoms with Crippen LogP contribution in [0.25, 0.3) is 0 Å². The predicted molar refractivity (Wildman–Crippen MR) is 62.7 cm³/mol. The van der Waals surface area contributed by atoms with E-state index in [-0.39, 0.29) is 6.42 Å². The SMILES string of the molecule is O=C(O)C1(Cc2cc(Cl)ccc2F)CCNC1. The van der Waals surface area contributed by atoms with Gasteiger partial charge in [-0.05, 0) is 43.1 Å². The summed E-state index contributed by atoms with van der Waals surface area (Å²) in [6.07, 6.45) is 0.677. The molecular weight excluding hydrogens is 245 g/mol. The minimum Gasteiger partial charge on any atom is -0.481 e. The largest absolute Gasteiger partial charge is 0.481 e. The Morgan fingerprint density at radius 2 is 2.35 bits per heavy atom. The highest BCUT2D eigenvalue weighted by molar-refractivity contribution is 6.30. The second-order valence-corrected chi connectivity index (χ2v) is 4.86. The molecule has 0 radical (unpaired) electrons. The maximum absolute atomic E-state index is 13.6. The van der Waals surface area contributed by atoms with E-state index in [1.54, 1.807) is 0 Å². The first kappa shape index (κ1) is 12.3. The third kappa shape index (κ3) is 2.42. The Bertz CT molecular complexity index is 444. The van der Waals surface area contributed by atoms with Crippen LogP contribution in [-0.4, -0.2) is 24.2 Å². The zero-order valence-corrected chi connectivity index (χ0v) is 9.93. The number of halogens is 2. The fourth-order valence-electron chi connectivity index (χ4n) is 2.20. The second kappa shape index (κ2) is 4.63. The number of carbonyl (C=O) groups is 1. The van der Waals surface area contributed by atoms with Crippen molar-refractivity contribution in [1.82, 2.24) is 5.32 Å². The summed E-state index contributed by atoms with van der Waals surface area (Å²) >= 11 is 5.80. The smallest absolute Gasteiger partial charge is 0.311 e. The lowest BCUT2D eigenvalue weighted by Gasteiger charge is -2.23. The Kier molecular flexibility index (Phi) is 3.35. The molecule has 0 saturated carbocycles. The number of rotatable bonds is 3. The monoisotopic (exact) mass is 257 g/mol. The normalized spacial score (nSPS) is 23.9. The van der Waals surface area contributed by atoms with E-state index < -0.39 is 17.2 Å². The van der Waals surface area contributed by atoms with Gasteiger partial charge in [0.05, 0.1) is 5.41 Å². The molecule has 1 aliphatic heterocycles. The minimum atomic E-state index is -0.911. The lowest BCUT2D eigenvalue weighted by Crippen LogP contribution is -2.35. The average molecular weight is 258 g/mol. The molecule has 2 rings (SSSR count). The molecule has 92 valence electrons. The van der Waals surface area contributed by atoms with E-state index >= 15 is 0 Å². The number of hydrogen-bond donors (Lipinski definition) is 2. The van der Waals surface area contributed by atoms with Gasteiger partial charge in [0.25, 0.3) is 0 Å². The molecule has 0 amide bonds. The van der Waals surface area contributed by atoms with Gasteiger partial charge in [-0.1, -0.05) is 11.6 Å². The number of nitrogens with one attached hydrogen (secondary N) is 1. The van der Waals surface area contributed by atoms with Crippen molar-refractivity contribution in [2.75, 3.05) is 13.1 Å². The van der Waals surface area contributed by atoms with Crippen LogP contribution in [0.4, 0.5) is 4.39 Å². The van der Waals surface area contributed by atoms with E-state index in [4.69, 9.17) is 11.6 Å². The van der Waals surface area contributed by atoms with Gasteiger partial charge in [0.15, 0.2) is 0 Å². The molecule has 1 fully saturated rings. The average Bonchev–Trinajstić information content (AvgIpc) is 2.73. The fourth-order valence-corrected chi connectivity index (χ4v) is 2.39. The topological polar surface area (TPSA) is 49.3 Å². The molecule has 3 nitrogen and oxygen atoms in total. The van der Waals surface area contributed by atoms with E-state index in [0.717, 1.165) is 0 Å². The van der Waals surface area contributed by atoms with Gasteiger partial charge >= 0.3 is 5.97 Å². The Morgan fingerprint density at radius 1 is 1.59 bits per heavy atom. The molecule has 2 N–H and O–H groups in total. The summed E-state index contributed by atoms with van der Waals surface area (Å²) in [6.45, 7) is 1.02. The molecule has 0 spiro atoms. The third-order valence-electron chi connectivity index (χ3n) is 3.23. The quantitative estimate of drug-likeness (QED) is 0.872. The van der Waals surface area contributed by atoms with Crippen molar-refractivity contribution < 1.29 is 14.3 Å². The second-order valence-electron chi connectivity index (χ2n) is 4.42. The maximum Gasteiger partial charge on any atom is 0.311 e. The van der Waals surface area contributed by atoms with Crippen molar-refractivity contribution in [3.8, 4) is 0 Å². The molecule has 1 aromatic rings. The number of aliphatic carboxylic acids is 1. The van der Waals surface area contributed by atoms with Gasteiger partial charge in [-0.15, -0.1) is 0 Å². The summed E-state index contributed by atoms with van der Waals surface area (Å²) in [5.74, 6) is -1.29. The zero-order valence-electron chi connectivity index (χ0n) is 9.17. The van der Waals surface area contributed by atoms with E-state index in [1.165, 1.54) is 18.2 Å². The van der Waals surface area contributed by atoms with Crippen molar-refractivity contribution >= 4 is 17.6 Å². The van der Waals surface area contributed by atoms with Crippen molar-refractivity contribution in [3.63, 3.8) is 0 Å². The summed E-state index contributed by atoms with van der Waals surface area (Å²) in [6, 6.07) is 4.23. The highest BCUT2D eigenvalue weighted by atomic mass is 35.5. The van der Waals surface area contributed by atoms with Gasteiger partial charge in [0.1, 0.15) is 5.82 Å². The molecule has 1 atom stereocenters. The Labute approximate surface area is 104 Å². The van der Waals surface area contributed by atoms with Gasteiger partial charge < -0.3 is 10.4 Å². The molecule has 17 heavy (non-hydrogen) atoms. The number of carboxylic acid groups (broad SMARTS) is 1. The Balaban J connectivity index is 2.29. The Morgan fingerprint density at radius 3 is 2.94 bits per heavy atom. The molecule has 0 aliphatic carbocycles. The third-order valence-corrected chi connectivity index (χ3v) is 3.47. The summed E-state index contributed by atoms with van der Waals surface area (Å²) < 4.78 is 13.6. The number of benzene rings is 1. The zero-order chi connectivity index (χ0) is 12.5. The predicted octanol–water partition coefficient (Wildman–Crippen LogP) is 2.09. The van der Waals surface area contributed by atoms with Crippen LogP contribution in [0.15, 0.2) is 18.2 Å². The molecule has 0 bridgehead atoms. The first-order valence-corrected chi connectivity index (χ1v) is 5.79. The van der Waals surface area contributed by atoms with Crippen LogP contribution >= 0.6 is 11.6 Å². The molecule has 5 heteroatoms. The molecule has 1 aromatic carbocycles. The van der Waals surface area contributed by atoms with Crippen LogP contribution < -0.4 is 5.32 Å². The Hall–Kier alpha value is -1.13. The van der Waals surface area contributed by atoms with Crippen molar-refractivity contribution in [1.29, 1.82) is 0 Å². The number of hydrogen-bond acceptors (Lipinski definition) is 2. The van der Waals surface area contributed by atoms with Crippen LogP contribution in [0.5, 0.6) is 0 Å². The first-order valence-electron chi connectivity index (χ1n) is 5.42. The van der Waals surface area contributed by atoms with Crippen LogP contribution in [-0.2, 0) is 11.2 Å². The summed E-state index contributed by atoms with van der Waals surface area (Å²) in [4.78, 5) is 11.3. The first-order chi connectivity index (χ1) is 8.03. The van der Waals surface area contributed by atoms with E-state index in [1.807, 2.05) is 0 Å². The van der Waals surface area contributed by atoms with E-state index in [2.05, 4.69) is 5.32 Å². The van der Waals surface area contributed by atoms with Crippen LogP contribution in [0.3, 0.4) is 0 Å². The van der Waals surface area contributed by atoms with Gasteiger partial charge in [0, 0.05) is 11.6 Å². The van der Waals surface area contributed by atoms with Crippen LogP contribution in [0.2, 0.25) is 5.02 Å². The highest BCUT2D eigenvalue weighted by Gasteiger charge is 2.41. The van der Waals surface area contributed by atoms with Gasteiger partial charge in [-0.25, -0.2) is 4.39 Å². The lowest BCUT2D eigenvalue weighted by molar-refractivity contribution is -0.147. The maximum atomic E-state index is 13.6. The molecule has 1 aliphatic rings. The van der Waals surface area contributed by atoms with Gasteiger partial charge in [0.2, 0.25) is 0 Å². The summed E-state index contributed by atoms with van der Waals surface area (Å²) in [5, 5.41) is 12.7. The van der Waals surface area contributed by atoms with Crippen molar-refractivity contribution in [2.45, 2.75) is 12.8 Å². The lowest BCUT2D eigenvalue weighted by atomic mass is 9.81. The van der Waals surface area contributed by atoms with E-state index in [0.29, 0.717) is 30.1 Å². The molecule has 1 unspecified atom stereocenters. The molecular formula is C12H13ClFNO2. The van der Waals surface area contributed by atoms with Gasteiger partial charge in [-0.2, -0.15) is 0 Å². The molecule has 1 heterocycles. The summed E-state index contributed by atoms with van der Waals surface area (Å²) in [5.41, 5.74) is -0.547. The number of carboxylic acids is 1. The highest BCUT2D eigenvalue weighted by Crippen LogP contribution is 2.32. The van der Waals surface area contributed by atoms with Crippen LogP contribution in [0.1, 0.15) is 12.0 Å². The van der Waals surface area contributed by atoms with E-state index in [9.17, 15) is 14.3 Å². The molecule has 1 saturated heterocycles. The van der Waals surface area contributed by atoms with Crippen LogP contribution in [0, 0.1) is 11.2 Å². The minimum absolute atomic E-state index is 0.168. The van der Waals surface area contributed by atoms with Crippen molar-refractivity contribution in [3.05, 3.63) is 34.6 Å².